The largest absolute Gasteiger partial charge is 0.311 e. The molecule has 0 aliphatic carbocycles. The van der Waals surface area contributed by atoms with Gasteiger partial charge < -0.3 is 5.32 Å². The predicted octanol–water partition coefficient (Wildman–Crippen LogP) is 2.34. The molecule has 1 N–H and O–H groups in total. The van der Waals surface area contributed by atoms with E-state index in [-0.39, 0.29) is 11.6 Å². The molecule has 1 aromatic carbocycles. The van der Waals surface area contributed by atoms with Crippen molar-refractivity contribution in [2.24, 2.45) is 0 Å². The zero-order valence-corrected chi connectivity index (χ0v) is 9.23. The molecule has 0 spiro atoms. The highest BCUT2D eigenvalue weighted by atomic mass is 19.1. The molecule has 2 aliphatic heterocycles. The van der Waals surface area contributed by atoms with E-state index >= 15 is 0 Å². The summed E-state index contributed by atoms with van der Waals surface area (Å²) < 4.78 is 13.4. The lowest BCUT2D eigenvalue weighted by Gasteiger charge is -2.20. The van der Waals surface area contributed by atoms with Crippen LogP contribution in [0.4, 0.5) is 10.1 Å². The van der Waals surface area contributed by atoms with E-state index in [4.69, 9.17) is 0 Å². The number of nitro benzene ring substituents is 1. The maximum Gasteiger partial charge on any atom is 0.272 e. The molecule has 2 fully saturated rings. The van der Waals surface area contributed by atoms with Gasteiger partial charge in [-0.25, -0.2) is 4.39 Å². The molecule has 2 bridgehead atoms. The van der Waals surface area contributed by atoms with Gasteiger partial charge in [-0.15, -0.1) is 0 Å². The SMILES string of the molecule is O=[N+]([O-])c1cc(F)cc(C2CC3CCC2N3)c1. The highest BCUT2D eigenvalue weighted by Gasteiger charge is 2.40. The van der Waals surface area contributed by atoms with Gasteiger partial charge in [0.15, 0.2) is 0 Å². The number of fused-ring (bicyclic) bond motifs is 2. The summed E-state index contributed by atoms with van der Waals surface area (Å²) in [5.41, 5.74) is 0.610. The molecule has 1 aromatic rings. The van der Waals surface area contributed by atoms with Crippen LogP contribution in [0.15, 0.2) is 18.2 Å². The van der Waals surface area contributed by atoms with E-state index < -0.39 is 10.7 Å². The quantitative estimate of drug-likeness (QED) is 0.633. The monoisotopic (exact) mass is 236 g/mol. The zero-order valence-electron chi connectivity index (χ0n) is 9.23. The molecule has 0 amide bonds. The molecule has 2 heterocycles. The van der Waals surface area contributed by atoms with Gasteiger partial charge in [-0.2, -0.15) is 0 Å². The number of non-ortho nitro benzene ring substituents is 1. The van der Waals surface area contributed by atoms with Crippen molar-refractivity contribution in [2.45, 2.75) is 37.3 Å². The van der Waals surface area contributed by atoms with E-state index in [9.17, 15) is 14.5 Å². The van der Waals surface area contributed by atoms with Gasteiger partial charge in [0.05, 0.1) is 11.0 Å². The lowest BCUT2D eigenvalue weighted by atomic mass is 9.84. The third kappa shape index (κ3) is 1.80. The van der Waals surface area contributed by atoms with Gasteiger partial charge >= 0.3 is 0 Å². The van der Waals surface area contributed by atoms with Crippen molar-refractivity contribution in [1.82, 2.24) is 5.32 Å². The van der Waals surface area contributed by atoms with Crippen molar-refractivity contribution >= 4 is 5.69 Å². The molecule has 90 valence electrons. The molecule has 0 saturated carbocycles. The fraction of sp³-hybridized carbons (Fsp3) is 0.500. The highest BCUT2D eigenvalue weighted by molar-refractivity contribution is 5.38. The molecule has 5 heteroatoms. The molecular weight excluding hydrogens is 223 g/mol. The summed E-state index contributed by atoms with van der Waals surface area (Å²) in [6, 6.07) is 4.79. The Balaban J connectivity index is 1.95. The highest BCUT2D eigenvalue weighted by Crippen LogP contribution is 2.40. The van der Waals surface area contributed by atoms with Crippen molar-refractivity contribution in [1.29, 1.82) is 0 Å². The Bertz CT molecular complexity index is 478. The van der Waals surface area contributed by atoms with Crippen LogP contribution in [0, 0.1) is 15.9 Å². The van der Waals surface area contributed by atoms with Crippen molar-refractivity contribution < 1.29 is 9.31 Å². The summed E-state index contributed by atoms with van der Waals surface area (Å²) in [7, 11) is 0. The van der Waals surface area contributed by atoms with Gasteiger partial charge in [0, 0.05) is 24.1 Å². The summed E-state index contributed by atoms with van der Waals surface area (Å²) in [6.45, 7) is 0. The second-order valence-electron chi connectivity index (χ2n) is 4.89. The summed E-state index contributed by atoms with van der Waals surface area (Å²) >= 11 is 0. The Morgan fingerprint density at radius 1 is 1.35 bits per heavy atom. The van der Waals surface area contributed by atoms with Gasteiger partial charge in [-0.3, -0.25) is 10.1 Å². The second-order valence-corrected chi connectivity index (χ2v) is 4.89. The summed E-state index contributed by atoms with van der Waals surface area (Å²) in [5.74, 6) is -0.292. The molecule has 0 radical (unpaired) electrons. The first kappa shape index (κ1) is 10.7. The molecule has 3 rings (SSSR count). The lowest BCUT2D eigenvalue weighted by molar-refractivity contribution is -0.385. The molecule has 3 unspecified atom stereocenters. The number of nitro groups is 1. The van der Waals surface area contributed by atoms with Gasteiger partial charge in [0.2, 0.25) is 0 Å². The van der Waals surface area contributed by atoms with Crippen LogP contribution in [-0.4, -0.2) is 17.0 Å². The van der Waals surface area contributed by atoms with Gasteiger partial charge in [0.25, 0.3) is 5.69 Å². The predicted molar refractivity (Wildman–Crippen MR) is 60.4 cm³/mol. The number of hydrogen-bond acceptors (Lipinski definition) is 3. The van der Waals surface area contributed by atoms with E-state index in [1.165, 1.54) is 18.6 Å². The number of rotatable bonds is 2. The van der Waals surface area contributed by atoms with Crippen LogP contribution in [-0.2, 0) is 0 Å². The smallest absolute Gasteiger partial charge is 0.272 e. The maximum absolute atomic E-state index is 13.4. The average molecular weight is 236 g/mol. The first-order chi connectivity index (χ1) is 8.13. The van der Waals surface area contributed by atoms with E-state index in [1.54, 1.807) is 0 Å². The Hall–Kier alpha value is -1.49. The van der Waals surface area contributed by atoms with Crippen molar-refractivity contribution in [2.75, 3.05) is 0 Å². The van der Waals surface area contributed by atoms with Gasteiger partial charge in [-0.1, -0.05) is 0 Å². The minimum absolute atomic E-state index is 0.150. The van der Waals surface area contributed by atoms with Crippen molar-refractivity contribution in [3.8, 4) is 0 Å². The van der Waals surface area contributed by atoms with Crippen LogP contribution >= 0.6 is 0 Å². The Labute approximate surface area is 98.0 Å². The maximum atomic E-state index is 13.4. The van der Waals surface area contributed by atoms with Crippen molar-refractivity contribution in [3.63, 3.8) is 0 Å². The number of nitrogens with one attached hydrogen (secondary N) is 1. The minimum atomic E-state index is -0.535. The van der Waals surface area contributed by atoms with E-state index in [0.717, 1.165) is 24.5 Å². The number of nitrogens with zero attached hydrogens (tertiary/aromatic N) is 1. The Kier molecular flexibility index (Phi) is 2.36. The molecule has 3 atom stereocenters. The molecule has 17 heavy (non-hydrogen) atoms. The average Bonchev–Trinajstić information content (AvgIpc) is 2.89. The molecule has 0 aromatic heterocycles. The van der Waals surface area contributed by atoms with Crippen LogP contribution in [0.2, 0.25) is 0 Å². The minimum Gasteiger partial charge on any atom is -0.311 e. The van der Waals surface area contributed by atoms with E-state index in [0.29, 0.717) is 12.1 Å². The van der Waals surface area contributed by atoms with Crippen LogP contribution in [0.3, 0.4) is 0 Å². The first-order valence-electron chi connectivity index (χ1n) is 5.84. The fourth-order valence-electron chi connectivity index (χ4n) is 3.11. The number of hydrogen-bond donors (Lipinski definition) is 1. The summed E-state index contributed by atoms with van der Waals surface area (Å²) in [5, 5.41) is 14.2. The zero-order chi connectivity index (χ0) is 12.0. The third-order valence-electron chi connectivity index (χ3n) is 3.84. The third-order valence-corrected chi connectivity index (χ3v) is 3.84. The topological polar surface area (TPSA) is 55.2 Å². The summed E-state index contributed by atoms with van der Waals surface area (Å²) in [4.78, 5) is 10.2. The number of halogens is 1. The normalized spacial score (nSPS) is 30.8. The van der Waals surface area contributed by atoms with Crippen LogP contribution in [0.1, 0.15) is 30.7 Å². The summed E-state index contributed by atoms with van der Waals surface area (Å²) in [6.07, 6.45) is 3.21. The number of benzene rings is 1. The molecule has 4 nitrogen and oxygen atoms in total. The van der Waals surface area contributed by atoms with Crippen molar-refractivity contribution in [3.05, 3.63) is 39.7 Å². The fourth-order valence-corrected chi connectivity index (χ4v) is 3.11. The lowest BCUT2D eigenvalue weighted by Crippen LogP contribution is -2.21. The standard InChI is InChI=1S/C12H13FN2O2/c13-8-3-7(4-10(5-8)15(16)17)11-6-9-1-2-12(11)14-9/h3-5,9,11-12,14H,1-2,6H2. The van der Waals surface area contributed by atoms with Gasteiger partial charge in [0.1, 0.15) is 5.82 Å². The molecule has 2 aliphatic rings. The van der Waals surface area contributed by atoms with E-state index in [1.807, 2.05) is 0 Å². The van der Waals surface area contributed by atoms with Crippen LogP contribution in [0.25, 0.3) is 0 Å². The second kappa shape index (κ2) is 3.77. The van der Waals surface area contributed by atoms with E-state index in [2.05, 4.69) is 5.32 Å². The van der Waals surface area contributed by atoms with Crippen LogP contribution < -0.4 is 5.32 Å². The molecular formula is C12H13FN2O2. The first-order valence-corrected chi connectivity index (χ1v) is 5.84. The Morgan fingerprint density at radius 3 is 2.76 bits per heavy atom. The van der Waals surface area contributed by atoms with Gasteiger partial charge in [-0.05, 0) is 30.9 Å². The van der Waals surface area contributed by atoms with Crippen LogP contribution in [0.5, 0.6) is 0 Å². The molecule has 2 saturated heterocycles. The Morgan fingerprint density at radius 2 is 2.18 bits per heavy atom.